The summed E-state index contributed by atoms with van der Waals surface area (Å²) in [7, 11) is 1.61. The van der Waals surface area contributed by atoms with Crippen molar-refractivity contribution >= 4 is 5.78 Å². The van der Waals surface area contributed by atoms with Gasteiger partial charge in [-0.1, -0.05) is 31.4 Å². The Morgan fingerprint density at radius 2 is 1.89 bits per heavy atom. The van der Waals surface area contributed by atoms with Crippen LogP contribution in [0.25, 0.3) is 0 Å². The van der Waals surface area contributed by atoms with Crippen molar-refractivity contribution in [2.75, 3.05) is 7.11 Å². The first-order valence-electron chi connectivity index (χ1n) is 7.00. The number of rotatable bonds is 5. The summed E-state index contributed by atoms with van der Waals surface area (Å²) in [6.45, 7) is 0. The van der Waals surface area contributed by atoms with Gasteiger partial charge < -0.3 is 4.74 Å². The predicted molar refractivity (Wildman–Crippen MR) is 72.5 cm³/mol. The second-order valence-corrected chi connectivity index (χ2v) is 5.32. The topological polar surface area (TPSA) is 26.3 Å². The third-order valence-corrected chi connectivity index (χ3v) is 3.94. The lowest BCUT2D eigenvalue weighted by molar-refractivity contribution is -0.132. The highest BCUT2D eigenvalue weighted by Crippen LogP contribution is 2.28. The van der Waals surface area contributed by atoms with E-state index in [1.54, 1.807) is 19.2 Å². The van der Waals surface area contributed by atoms with Crippen LogP contribution in [0.2, 0.25) is 0 Å². The van der Waals surface area contributed by atoms with Gasteiger partial charge in [0, 0.05) is 13.5 Å². The summed E-state index contributed by atoms with van der Waals surface area (Å²) < 4.78 is 18.3. The first-order chi connectivity index (χ1) is 9.20. The third kappa shape index (κ3) is 3.87. The van der Waals surface area contributed by atoms with Gasteiger partial charge in [-0.3, -0.25) is 4.79 Å². The minimum absolute atomic E-state index is 0.112. The zero-order valence-electron chi connectivity index (χ0n) is 11.4. The maximum Gasteiger partial charge on any atom is 0.166 e. The van der Waals surface area contributed by atoms with E-state index in [-0.39, 0.29) is 17.7 Å². The summed E-state index contributed by atoms with van der Waals surface area (Å²) in [5.74, 6) is 0.194. The average Bonchev–Trinajstić information content (AvgIpc) is 2.43. The van der Waals surface area contributed by atoms with Gasteiger partial charge in [0.2, 0.25) is 0 Å². The van der Waals surface area contributed by atoms with Crippen molar-refractivity contribution in [2.45, 2.75) is 44.6 Å². The average molecular weight is 264 g/mol. The highest BCUT2D eigenvalue weighted by atomic mass is 19.1. The van der Waals surface area contributed by atoms with Crippen molar-refractivity contribution in [2.24, 2.45) is 5.92 Å². The molecule has 1 aliphatic carbocycles. The smallest absolute Gasteiger partial charge is 0.166 e. The van der Waals surface area contributed by atoms with Crippen LogP contribution in [0.5, 0.6) is 0 Å². The first-order valence-corrected chi connectivity index (χ1v) is 7.00. The second kappa shape index (κ2) is 6.80. The molecule has 0 saturated heterocycles. The van der Waals surface area contributed by atoms with E-state index in [4.69, 9.17) is 4.74 Å². The summed E-state index contributed by atoms with van der Waals surface area (Å²) in [4.78, 5) is 12.3. The number of carbonyl (C=O) groups is 1. The van der Waals surface area contributed by atoms with Crippen LogP contribution in [-0.2, 0) is 16.0 Å². The van der Waals surface area contributed by atoms with Crippen LogP contribution in [0.3, 0.4) is 0 Å². The molecule has 1 fully saturated rings. The molecule has 0 radical (unpaired) electrons. The number of methoxy groups -OCH3 is 1. The van der Waals surface area contributed by atoms with Gasteiger partial charge in [0.15, 0.2) is 5.78 Å². The van der Waals surface area contributed by atoms with Gasteiger partial charge >= 0.3 is 0 Å². The van der Waals surface area contributed by atoms with Gasteiger partial charge in [-0.25, -0.2) is 4.39 Å². The van der Waals surface area contributed by atoms with Crippen LogP contribution < -0.4 is 0 Å². The fourth-order valence-corrected chi connectivity index (χ4v) is 2.93. The number of ketones is 1. The molecular formula is C16H21FO2. The first kappa shape index (κ1) is 14.2. The fourth-order valence-electron chi connectivity index (χ4n) is 2.93. The largest absolute Gasteiger partial charge is 0.373 e. The van der Waals surface area contributed by atoms with Gasteiger partial charge in [-0.05, 0) is 36.5 Å². The molecule has 19 heavy (non-hydrogen) atoms. The molecule has 1 saturated carbocycles. The molecule has 1 atom stereocenters. The second-order valence-electron chi connectivity index (χ2n) is 5.32. The van der Waals surface area contributed by atoms with Crippen LogP contribution in [0, 0.1) is 11.7 Å². The molecule has 1 aliphatic rings. The molecule has 0 N–H and O–H groups in total. The minimum Gasteiger partial charge on any atom is -0.373 e. The Labute approximate surface area is 114 Å². The Balaban J connectivity index is 1.97. The summed E-state index contributed by atoms with van der Waals surface area (Å²) in [5.41, 5.74) is 0.851. The molecule has 1 unspecified atom stereocenters. The zero-order valence-corrected chi connectivity index (χ0v) is 11.4. The molecule has 1 aromatic rings. The standard InChI is InChI=1S/C16H21FO2/c1-19-16(13-5-3-2-4-6-13)15(18)11-12-7-9-14(17)10-8-12/h7-10,13,16H,2-6,11H2,1H3. The lowest BCUT2D eigenvalue weighted by Crippen LogP contribution is -2.34. The van der Waals surface area contributed by atoms with Crippen molar-refractivity contribution in [1.82, 2.24) is 0 Å². The van der Waals surface area contributed by atoms with Crippen LogP contribution in [0.15, 0.2) is 24.3 Å². The monoisotopic (exact) mass is 264 g/mol. The molecule has 0 aromatic heterocycles. The summed E-state index contributed by atoms with van der Waals surface area (Å²) in [6.07, 6.45) is 5.82. The van der Waals surface area contributed by atoms with E-state index < -0.39 is 0 Å². The third-order valence-electron chi connectivity index (χ3n) is 3.94. The van der Waals surface area contributed by atoms with Crippen molar-refractivity contribution in [3.8, 4) is 0 Å². The summed E-state index contributed by atoms with van der Waals surface area (Å²) >= 11 is 0. The zero-order chi connectivity index (χ0) is 13.7. The van der Waals surface area contributed by atoms with Gasteiger partial charge in [-0.15, -0.1) is 0 Å². The SMILES string of the molecule is COC(C(=O)Cc1ccc(F)cc1)C1CCCCC1. The Kier molecular flexibility index (Phi) is 5.08. The van der Waals surface area contributed by atoms with E-state index in [9.17, 15) is 9.18 Å². The Morgan fingerprint density at radius 3 is 2.47 bits per heavy atom. The van der Waals surface area contributed by atoms with E-state index >= 15 is 0 Å². The number of carbonyl (C=O) groups excluding carboxylic acids is 1. The minimum atomic E-state index is -0.301. The molecule has 0 heterocycles. The highest BCUT2D eigenvalue weighted by molar-refractivity contribution is 5.85. The number of halogens is 1. The van der Waals surface area contributed by atoms with Crippen molar-refractivity contribution in [3.05, 3.63) is 35.6 Å². The Hall–Kier alpha value is -1.22. The molecule has 2 nitrogen and oxygen atoms in total. The number of hydrogen-bond donors (Lipinski definition) is 0. The van der Waals surface area contributed by atoms with Gasteiger partial charge in [-0.2, -0.15) is 0 Å². The van der Waals surface area contributed by atoms with Crippen LogP contribution in [0.4, 0.5) is 4.39 Å². The van der Waals surface area contributed by atoms with Crippen LogP contribution >= 0.6 is 0 Å². The van der Waals surface area contributed by atoms with E-state index in [0.717, 1.165) is 18.4 Å². The molecule has 2 rings (SSSR count). The summed E-state index contributed by atoms with van der Waals surface area (Å²) in [6, 6.07) is 6.12. The molecule has 1 aromatic carbocycles. The van der Waals surface area contributed by atoms with Crippen LogP contribution in [0.1, 0.15) is 37.7 Å². The Morgan fingerprint density at radius 1 is 1.26 bits per heavy atom. The highest BCUT2D eigenvalue weighted by Gasteiger charge is 2.29. The molecule has 3 heteroatoms. The van der Waals surface area contributed by atoms with Crippen molar-refractivity contribution in [1.29, 1.82) is 0 Å². The maximum absolute atomic E-state index is 12.8. The van der Waals surface area contributed by atoms with Crippen molar-refractivity contribution in [3.63, 3.8) is 0 Å². The quantitative estimate of drug-likeness (QED) is 0.813. The van der Waals surface area contributed by atoms with Crippen LogP contribution in [-0.4, -0.2) is 19.0 Å². The van der Waals surface area contributed by atoms with Gasteiger partial charge in [0.25, 0.3) is 0 Å². The molecule has 0 amide bonds. The predicted octanol–water partition coefficient (Wildman–Crippen LogP) is 3.53. The van der Waals surface area contributed by atoms with E-state index in [0.29, 0.717) is 12.3 Å². The van der Waals surface area contributed by atoms with Gasteiger partial charge in [0.05, 0.1) is 0 Å². The molecule has 0 bridgehead atoms. The molecule has 0 aliphatic heterocycles. The molecule has 0 spiro atoms. The lowest BCUT2D eigenvalue weighted by atomic mass is 9.82. The fraction of sp³-hybridized carbons (Fsp3) is 0.562. The van der Waals surface area contributed by atoms with Crippen molar-refractivity contribution < 1.29 is 13.9 Å². The molecule has 104 valence electrons. The molecular weight excluding hydrogens is 243 g/mol. The van der Waals surface area contributed by atoms with E-state index in [1.165, 1.54) is 31.4 Å². The van der Waals surface area contributed by atoms with Gasteiger partial charge in [0.1, 0.15) is 11.9 Å². The Bertz CT molecular complexity index is 407. The number of ether oxygens (including phenoxy) is 1. The number of Topliss-reactive ketones (excluding diaryl/α,β-unsaturated/α-hetero) is 1. The number of hydrogen-bond acceptors (Lipinski definition) is 2. The van der Waals surface area contributed by atoms with E-state index in [1.807, 2.05) is 0 Å². The van der Waals surface area contributed by atoms with E-state index in [2.05, 4.69) is 0 Å². The summed E-state index contributed by atoms with van der Waals surface area (Å²) in [5, 5.41) is 0. The lowest BCUT2D eigenvalue weighted by Gasteiger charge is -2.28. The normalized spacial score (nSPS) is 18.2. The number of benzene rings is 1. The maximum atomic E-state index is 12.8.